The van der Waals surface area contributed by atoms with Crippen molar-refractivity contribution < 1.29 is 9.90 Å². The molecular weight excluding hydrogens is 228 g/mol. The lowest BCUT2D eigenvalue weighted by molar-refractivity contribution is 0.0935. The number of aromatic amines is 1. The molecule has 4 heteroatoms. The van der Waals surface area contributed by atoms with Crippen LogP contribution in [0.25, 0.3) is 10.9 Å². The minimum absolute atomic E-state index is 0.0494. The Morgan fingerprint density at radius 3 is 2.94 bits per heavy atom. The van der Waals surface area contributed by atoms with Crippen molar-refractivity contribution in [2.75, 3.05) is 13.2 Å². The molecule has 0 atom stereocenters. The van der Waals surface area contributed by atoms with Crippen LogP contribution in [0.5, 0.6) is 0 Å². The maximum atomic E-state index is 12.0. The first-order chi connectivity index (χ1) is 8.72. The SMILES string of the molecule is O=C(NCC1(CO)CC1)c1ccc2cc[nH]c2c1. The van der Waals surface area contributed by atoms with Crippen molar-refractivity contribution >= 4 is 16.8 Å². The minimum atomic E-state index is -0.0776. The third-order valence-corrected chi connectivity index (χ3v) is 3.73. The molecule has 0 radical (unpaired) electrons. The van der Waals surface area contributed by atoms with E-state index in [1.165, 1.54) is 0 Å². The van der Waals surface area contributed by atoms with Gasteiger partial charge < -0.3 is 15.4 Å². The summed E-state index contributed by atoms with van der Waals surface area (Å²) in [6.07, 6.45) is 3.86. The van der Waals surface area contributed by atoms with E-state index in [1.54, 1.807) is 0 Å². The second-order valence-corrected chi connectivity index (χ2v) is 5.12. The second kappa shape index (κ2) is 4.14. The number of benzene rings is 1. The predicted molar refractivity (Wildman–Crippen MR) is 69.4 cm³/mol. The Balaban J connectivity index is 1.71. The zero-order valence-corrected chi connectivity index (χ0v) is 10.1. The number of aliphatic hydroxyl groups is 1. The third kappa shape index (κ3) is 1.99. The van der Waals surface area contributed by atoms with Gasteiger partial charge in [0, 0.05) is 29.2 Å². The summed E-state index contributed by atoms with van der Waals surface area (Å²) in [5.41, 5.74) is 1.57. The summed E-state index contributed by atoms with van der Waals surface area (Å²) < 4.78 is 0. The summed E-state index contributed by atoms with van der Waals surface area (Å²) in [5.74, 6) is -0.0776. The molecule has 1 saturated carbocycles. The van der Waals surface area contributed by atoms with E-state index in [1.807, 2.05) is 30.5 Å². The highest BCUT2D eigenvalue weighted by Gasteiger charge is 2.42. The van der Waals surface area contributed by atoms with Crippen LogP contribution in [0.4, 0.5) is 0 Å². The number of rotatable bonds is 4. The molecule has 1 aliphatic carbocycles. The Labute approximate surface area is 105 Å². The average molecular weight is 244 g/mol. The highest BCUT2D eigenvalue weighted by molar-refractivity contribution is 5.97. The van der Waals surface area contributed by atoms with E-state index in [4.69, 9.17) is 0 Å². The van der Waals surface area contributed by atoms with Crippen LogP contribution in [0.15, 0.2) is 30.5 Å². The van der Waals surface area contributed by atoms with Crippen LogP contribution < -0.4 is 5.32 Å². The molecule has 1 heterocycles. The van der Waals surface area contributed by atoms with Crippen LogP contribution in [0.1, 0.15) is 23.2 Å². The molecule has 1 amide bonds. The van der Waals surface area contributed by atoms with Crippen LogP contribution in [-0.4, -0.2) is 29.1 Å². The first-order valence-corrected chi connectivity index (χ1v) is 6.19. The maximum absolute atomic E-state index is 12.0. The molecule has 1 aromatic heterocycles. The van der Waals surface area contributed by atoms with Gasteiger partial charge >= 0.3 is 0 Å². The molecular formula is C14H16N2O2. The molecule has 1 fully saturated rings. The molecule has 18 heavy (non-hydrogen) atoms. The molecule has 4 nitrogen and oxygen atoms in total. The van der Waals surface area contributed by atoms with Crippen molar-refractivity contribution in [1.29, 1.82) is 0 Å². The van der Waals surface area contributed by atoms with Crippen molar-refractivity contribution in [3.8, 4) is 0 Å². The van der Waals surface area contributed by atoms with Gasteiger partial charge in [0.1, 0.15) is 0 Å². The number of aromatic nitrogens is 1. The van der Waals surface area contributed by atoms with Gasteiger partial charge in [-0.05, 0) is 36.4 Å². The fourth-order valence-electron chi connectivity index (χ4n) is 2.13. The van der Waals surface area contributed by atoms with Crippen molar-refractivity contribution in [2.45, 2.75) is 12.8 Å². The molecule has 1 aromatic carbocycles. The lowest BCUT2D eigenvalue weighted by Gasteiger charge is -2.12. The zero-order chi connectivity index (χ0) is 12.6. The number of fused-ring (bicyclic) bond motifs is 1. The largest absolute Gasteiger partial charge is 0.396 e. The Morgan fingerprint density at radius 2 is 2.22 bits per heavy atom. The standard InChI is InChI=1S/C14H16N2O2/c17-9-14(4-5-14)8-16-13(18)11-2-1-10-3-6-15-12(10)7-11/h1-3,6-7,15,17H,4-5,8-9H2,(H,16,18). The number of amides is 1. The molecule has 3 rings (SSSR count). The summed E-state index contributed by atoms with van der Waals surface area (Å²) in [6, 6.07) is 7.58. The van der Waals surface area contributed by atoms with E-state index in [9.17, 15) is 9.90 Å². The van der Waals surface area contributed by atoms with E-state index >= 15 is 0 Å². The Bertz CT molecular complexity index is 584. The average Bonchev–Trinajstić information content (AvgIpc) is 3.04. The number of carbonyl (C=O) groups excluding carboxylic acids is 1. The molecule has 0 unspecified atom stereocenters. The van der Waals surface area contributed by atoms with Gasteiger partial charge in [-0.1, -0.05) is 6.07 Å². The van der Waals surface area contributed by atoms with E-state index in [2.05, 4.69) is 10.3 Å². The summed E-state index contributed by atoms with van der Waals surface area (Å²) in [6.45, 7) is 0.716. The number of carbonyl (C=O) groups is 1. The lowest BCUT2D eigenvalue weighted by Crippen LogP contribution is -2.31. The summed E-state index contributed by atoms with van der Waals surface area (Å²) in [7, 11) is 0. The van der Waals surface area contributed by atoms with Gasteiger partial charge in [-0.2, -0.15) is 0 Å². The number of hydrogen-bond donors (Lipinski definition) is 3. The van der Waals surface area contributed by atoms with Crippen molar-refractivity contribution in [3.05, 3.63) is 36.0 Å². The normalized spacial score (nSPS) is 16.7. The smallest absolute Gasteiger partial charge is 0.251 e. The van der Waals surface area contributed by atoms with E-state index in [-0.39, 0.29) is 17.9 Å². The van der Waals surface area contributed by atoms with Crippen LogP contribution in [-0.2, 0) is 0 Å². The Morgan fingerprint density at radius 1 is 1.39 bits per heavy atom. The summed E-state index contributed by atoms with van der Waals surface area (Å²) >= 11 is 0. The van der Waals surface area contributed by atoms with E-state index in [0.29, 0.717) is 12.1 Å². The molecule has 2 aromatic rings. The van der Waals surface area contributed by atoms with Crippen LogP contribution >= 0.6 is 0 Å². The fraction of sp³-hybridized carbons (Fsp3) is 0.357. The fourth-order valence-corrected chi connectivity index (χ4v) is 2.13. The van der Waals surface area contributed by atoms with Gasteiger partial charge in [0.05, 0.1) is 6.61 Å². The zero-order valence-electron chi connectivity index (χ0n) is 10.1. The van der Waals surface area contributed by atoms with Crippen LogP contribution in [0.2, 0.25) is 0 Å². The number of nitrogens with one attached hydrogen (secondary N) is 2. The second-order valence-electron chi connectivity index (χ2n) is 5.12. The van der Waals surface area contributed by atoms with E-state index in [0.717, 1.165) is 23.7 Å². The van der Waals surface area contributed by atoms with Gasteiger partial charge in [-0.3, -0.25) is 4.79 Å². The van der Waals surface area contributed by atoms with Crippen LogP contribution in [0.3, 0.4) is 0 Å². The van der Waals surface area contributed by atoms with Gasteiger partial charge in [0.25, 0.3) is 5.91 Å². The lowest BCUT2D eigenvalue weighted by atomic mass is 10.1. The van der Waals surface area contributed by atoms with Gasteiger partial charge in [-0.25, -0.2) is 0 Å². The maximum Gasteiger partial charge on any atom is 0.251 e. The predicted octanol–water partition coefficient (Wildman–Crippen LogP) is 1.67. The topological polar surface area (TPSA) is 65.1 Å². The first-order valence-electron chi connectivity index (χ1n) is 6.19. The number of hydrogen-bond acceptors (Lipinski definition) is 2. The summed E-state index contributed by atoms with van der Waals surface area (Å²) in [4.78, 5) is 15.1. The molecule has 3 N–H and O–H groups in total. The van der Waals surface area contributed by atoms with Crippen molar-refractivity contribution in [1.82, 2.24) is 10.3 Å². The molecule has 0 spiro atoms. The Kier molecular flexibility index (Phi) is 2.59. The minimum Gasteiger partial charge on any atom is -0.396 e. The molecule has 1 aliphatic rings. The Hall–Kier alpha value is -1.81. The highest BCUT2D eigenvalue weighted by Crippen LogP contribution is 2.44. The van der Waals surface area contributed by atoms with Gasteiger partial charge in [0.2, 0.25) is 0 Å². The van der Waals surface area contributed by atoms with E-state index < -0.39 is 0 Å². The van der Waals surface area contributed by atoms with Crippen molar-refractivity contribution in [2.24, 2.45) is 5.41 Å². The van der Waals surface area contributed by atoms with Gasteiger partial charge in [0.15, 0.2) is 0 Å². The third-order valence-electron chi connectivity index (χ3n) is 3.73. The first kappa shape index (κ1) is 11.3. The van der Waals surface area contributed by atoms with Crippen molar-refractivity contribution in [3.63, 3.8) is 0 Å². The number of aliphatic hydroxyl groups excluding tert-OH is 1. The van der Waals surface area contributed by atoms with Crippen LogP contribution in [0, 0.1) is 5.41 Å². The quantitative estimate of drug-likeness (QED) is 0.766. The van der Waals surface area contributed by atoms with Gasteiger partial charge in [-0.15, -0.1) is 0 Å². The number of H-pyrrole nitrogens is 1. The molecule has 94 valence electrons. The monoisotopic (exact) mass is 244 g/mol. The molecule has 0 saturated heterocycles. The highest BCUT2D eigenvalue weighted by atomic mass is 16.3. The summed E-state index contributed by atoms with van der Waals surface area (Å²) in [5, 5.41) is 13.2. The molecule has 0 aliphatic heterocycles. The molecule has 0 bridgehead atoms.